The quantitative estimate of drug-likeness (QED) is 0.0909. The van der Waals surface area contributed by atoms with Crippen molar-refractivity contribution in [3.05, 3.63) is 74.2 Å². The van der Waals surface area contributed by atoms with Gasteiger partial charge in [-0.1, -0.05) is 0 Å². The monoisotopic (exact) mass is 626 g/mol. The second-order valence-corrected chi connectivity index (χ2v) is 10.1. The summed E-state index contributed by atoms with van der Waals surface area (Å²) in [5.41, 5.74) is -4.97. The number of methoxy groups -OCH3 is 1. The summed E-state index contributed by atoms with van der Waals surface area (Å²) in [7, 11) is -4.32. The Balaban J connectivity index is 2.00. The molecule has 12 nitrogen and oxygen atoms in total. The number of alkyl halides is 6. The highest BCUT2D eigenvalue weighted by molar-refractivity contribution is 8.18. The highest BCUT2D eigenvalue weighted by Gasteiger charge is 2.38. The molecular formula is C21H12F6N4O8S2. The highest BCUT2D eigenvalue weighted by Crippen LogP contribution is 2.38. The number of ether oxygens (including phenoxy) is 1. The summed E-state index contributed by atoms with van der Waals surface area (Å²) in [6.07, 6.45) is -9.15. The van der Waals surface area contributed by atoms with Gasteiger partial charge in [0, 0.05) is 23.8 Å². The van der Waals surface area contributed by atoms with Crippen LogP contribution in [0.3, 0.4) is 0 Å². The SMILES string of the molecule is COC(=O)/C=C1/S/C(=N\N=Cc2cc([N+](=O)[O-])ccc2OS(=O)(=O)c2cc(C(F)(F)F)cc(C(F)(F)F)c2)NC1=O. The van der Waals surface area contributed by atoms with Crippen LogP contribution in [0.25, 0.3) is 0 Å². The zero-order valence-electron chi connectivity index (χ0n) is 19.8. The van der Waals surface area contributed by atoms with Crippen molar-refractivity contribution in [1.29, 1.82) is 0 Å². The van der Waals surface area contributed by atoms with Crippen molar-refractivity contribution in [3.8, 4) is 5.75 Å². The van der Waals surface area contributed by atoms with E-state index in [2.05, 4.69) is 20.3 Å². The number of nitrogens with one attached hydrogen (secondary N) is 1. The zero-order valence-corrected chi connectivity index (χ0v) is 21.4. The van der Waals surface area contributed by atoms with Gasteiger partial charge in [-0.05, 0) is 36.0 Å². The van der Waals surface area contributed by atoms with Crippen LogP contribution in [0.4, 0.5) is 32.0 Å². The molecule has 2 aromatic carbocycles. The number of rotatable bonds is 7. The van der Waals surface area contributed by atoms with E-state index < -0.39 is 72.3 Å². The molecule has 2 aromatic rings. The fourth-order valence-electron chi connectivity index (χ4n) is 2.85. The van der Waals surface area contributed by atoms with Crippen LogP contribution in [0.5, 0.6) is 5.75 Å². The number of amidine groups is 1. The van der Waals surface area contributed by atoms with Gasteiger partial charge in [-0.15, -0.1) is 5.10 Å². The van der Waals surface area contributed by atoms with E-state index in [0.717, 1.165) is 25.3 Å². The second kappa shape index (κ2) is 11.6. The predicted octanol–water partition coefficient (Wildman–Crippen LogP) is 4.01. The summed E-state index contributed by atoms with van der Waals surface area (Å²) in [5, 5.41) is 20.3. The van der Waals surface area contributed by atoms with Crippen LogP contribution >= 0.6 is 11.8 Å². The Morgan fingerprint density at radius 3 is 2.22 bits per heavy atom. The number of nitro groups is 1. The number of benzene rings is 2. The number of non-ortho nitro benzene ring substituents is 1. The standard InChI is InChI=1S/C21H12F6N4O8S2/c1-38-17(32)8-16-18(33)29-19(40-16)30-28-9-10-4-13(31(34)35)2-3-15(10)39-41(36,37)14-6-11(20(22,23)24)5-12(7-14)21(25,26)27/h2-9H,1H3,(H,29,30,33)/b16-8+,28-9?. The molecule has 20 heteroatoms. The van der Waals surface area contributed by atoms with Gasteiger partial charge in [0.15, 0.2) is 10.9 Å². The average Bonchev–Trinajstić information content (AvgIpc) is 3.21. The van der Waals surface area contributed by atoms with Crippen molar-refractivity contribution in [2.24, 2.45) is 10.2 Å². The van der Waals surface area contributed by atoms with E-state index in [-0.39, 0.29) is 28.3 Å². The fraction of sp³-hybridized carbons (Fsp3) is 0.143. The van der Waals surface area contributed by atoms with Crippen LogP contribution in [-0.4, -0.2) is 43.7 Å². The molecule has 1 saturated heterocycles. The van der Waals surface area contributed by atoms with Crippen LogP contribution < -0.4 is 9.50 Å². The molecular weight excluding hydrogens is 614 g/mol. The number of thioether (sulfide) groups is 1. The number of hydrogen-bond donors (Lipinski definition) is 1. The third kappa shape index (κ3) is 7.81. The zero-order chi connectivity index (χ0) is 30.8. The summed E-state index contributed by atoms with van der Waals surface area (Å²) >= 11 is 0.640. The largest absolute Gasteiger partial charge is 0.466 e. The molecule has 1 fully saturated rings. The molecule has 3 rings (SSSR count). The fourth-order valence-corrected chi connectivity index (χ4v) is 4.61. The average molecular weight is 626 g/mol. The van der Waals surface area contributed by atoms with Crippen molar-refractivity contribution in [2.75, 3.05) is 7.11 Å². The molecule has 0 atom stereocenters. The minimum atomic E-state index is -5.38. The molecule has 0 saturated carbocycles. The first-order chi connectivity index (χ1) is 18.9. The second-order valence-electron chi connectivity index (χ2n) is 7.50. The molecule has 218 valence electrons. The lowest BCUT2D eigenvalue weighted by Gasteiger charge is -2.15. The minimum Gasteiger partial charge on any atom is -0.466 e. The minimum absolute atomic E-state index is 0.0743. The van der Waals surface area contributed by atoms with Crippen LogP contribution in [0.15, 0.2) is 62.5 Å². The summed E-state index contributed by atoms with van der Waals surface area (Å²) in [4.78, 5) is 31.8. The van der Waals surface area contributed by atoms with Gasteiger partial charge in [0.1, 0.15) is 4.90 Å². The van der Waals surface area contributed by atoms with Gasteiger partial charge in [-0.3, -0.25) is 20.2 Å². The van der Waals surface area contributed by atoms with E-state index in [4.69, 9.17) is 4.18 Å². The molecule has 1 aliphatic rings. The Kier molecular flexibility index (Phi) is 8.77. The van der Waals surface area contributed by atoms with Crippen molar-refractivity contribution < 1.29 is 58.2 Å². The van der Waals surface area contributed by atoms with Gasteiger partial charge < -0.3 is 8.92 Å². The van der Waals surface area contributed by atoms with Crippen molar-refractivity contribution in [3.63, 3.8) is 0 Å². The van der Waals surface area contributed by atoms with Gasteiger partial charge in [0.25, 0.3) is 11.6 Å². The number of carbonyl (C=O) groups is 2. The number of carbonyl (C=O) groups excluding carboxylic acids is 2. The molecule has 1 amide bonds. The molecule has 41 heavy (non-hydrogen) atoms. The third-order valence-corrected chi connectivity index (χ3v) is 6.81. The van der Waals surface area contributed by atoms with Gasteiger partial charge >= 0.3 is 28.4 Å². The molecule has 1 N–H and O–H groups in total. The van der Waals surface area contributed by atoms with Crippen molar-refractivity contribution in [2.45, 2.75) is 17.2 Å². The summed E-state index contributed by atoms with van der Waals surface area (Å²) < 4.78 is 114. The first-order valence-corrected chi connectivity index (χ1v) is 12.6. The van der Waals surface area contributed by atoms with E-state index in [0.29, 0.717) is 24.0 Å². The Labute approximate surface area is 229 Å². The summed E-state index contributed by atoms with van der Waals surface area (Å²) in [5.74, 6) is -2.38. The Morgan fingerprint density at radius 2 is 1.68 bits per heavy atom. The topological polar surface area (TPSA) is 167 Å². The van der Waals surface area contributed by atoms with Crippen molar-refractivity contribution in [1.82, 2.24) is 5.32 Å². The van der Waals surface area contributed by atoms with Gasteiger partial charge in [0.05, 0.1) is 34.3 Å². The number of hydrogen-bond acceptors (Lipinski definition) is 11. The van der Waals surface area contributed by atoms with Gasteiger partial charge in [-0.25, -0.2) is 4.79 Å². The van der Waals surface area contributed by atoms with E-state index in [9.17, 15) is 54.5 Å². The summed E-state index contributed by atoms with van der Waals surface area (Å²) in [6.45, 7) is 0. The molecule has 0 spiro atoms. The van der Waals surface area contributed by atoms with Crippen molar-refractivity contribution >= 4 is 50.8 Å². The molecule has 0 bridgehead atoms. The van der Waals surface area contributed by atoms with Crippen LogP contribution in [0.2, 0.25) is 0 Å². The van der Waals surface area contributed by atoms with Crippen LogP contribution in [0.1, 0.15) is 16.7 Å². The van der Waals surface area contributed by atoms with Gasteiger partial charge in [-0.2, -0.15) is 39.9 Å². The number of esters is 1. The molecule has 1 heterocycles. The highest BCUT2D eigenvalue weighted by atomic mass is 32.2. The summed E-state index contributed by atoms with van der Waals surface area (Å²) in [6, 6.07) is 1.76. The first kappa shape index (κ1) is 31.1. The Bertz CT molecular complexity index is 1590. The maximum atomic E-state index is 13.2. The van der Waals surface area contributed by atoms with E-state index in [1.165, 1.54) is 0 Å². The predicted molar refractivity (Wildman–Crippen MR) is 128 cm³/mol. The Hall–Kier alpha value is -4.46. The maximum Gasteiger partial charge on any atom is 0.416 e. The number of nitrogens with zero attached hydrogens (tertiary/aromatic N) is 3. The molecule has 0 aromatic heterocycles. The Morgan fingerprint density at radius 1 is 1.07 bits per heavy atom. The normalized spacial score (nSPS) is 16.3. The number of halogens is 6. The van der Waals surface area contributed by atoms with E-state index in [1.54, 1.807) is 0 Å². The molecule has 0 radical (unpaired) electrons. The lowest BCUT2D eigenvalue weighted by molar-refractivity contribution is -0.384. The smallest absolute Gasteiger partial charge is 0.416 e. The van der Waals surface area contributed by atoms with Gasteiger partial charge in [0.2, 0.25) is 0 Å². The molecule has 1 aliphatic heterocycles. The van der Waals surface area contributed by atoms with E-state index in [1.807, 2.05) is 0 Å². The molecule has 0 aliphatic carbocycles. The van der Waals surface area contributed by atoms with E-state index >= 15 is 0 Å². The lowest BCUT2D eigenvalue weighted by Crippen LogP contribution is -2.19. The van der Waals surface area contributed by atoms with Crippen LogP contribution in [-0.2, 0) is 36.8 Å². The first-order valence-electron chi connectivity index (χ1n) is 10.3. The maximum absolute atomic E-state index is 13.2. The third-order valence-electron chi connectivity index (χ3n) is 4.70. The number of nitro benzene ring substituents is 1. The molecule has 0 unspecified atom stereocenters. The number of amides is 1. The van der Waals surface area contributed by atoms with Crippen LogP contribution in [0, 0.1) is 10.1 Å². The lowest BCUT2D eigenvalue weighted by atomic mass is 10.1.